The van der Waals surface area contributed by atoms with E-state index in [2.05, 4.69) is 25.7 Å². The number of aliphatic imine (C=N–C) groups is 1. The maximum atomic E-state index is 13.1. The molecule has 0 fully saturated rings. The molecule has 0 aliphatic heterocycles. The van der Waals surface area contributed by atoms with E-state index in [-0.39, 0.29) is 29.7 Å². The summed E-state index contributed by atoms with van der Waals surface area (Å²) in [5.74, 6) is -1.00. The lowest BCUT2D eigenvalue weighted by Crippen LogP contribution is -2.43. The second-order valence-corrected chi connectivity index (χ2v) is 8.54. The van der Waals surface area contributed by atoms with E-state index in [0.717, 1.165) is 0 Å². The third-order valence-corrected chi connectivity index (χ3v) is 6.02. The maximum Gasteiger partial charge on any atom is 0.413 e. The van der Waals surface area contributed by atoms with Crippen LogP contribution in [0.15, 0.2) is 93.6 Å². The summed E-state index contributed by atoms with van der Waals surface area (Å²) in [5.41, 5.74) is 0.869. The van der Waals surface area contributed by atoms with Gasteiger partial charge >= 0.3 is 6.09 Å². The summed E-state index contributed by atoms with van der Waals surface area (Å²) in [6.07, 6.45) is -0.712. The number of rotatable bonds is 6. The Morgan fingerprint density at radius 1 is 0.886 bits per heavy atom. The molecule has 0 saturated heterocycles. The molecule has 3 aromatic carbocycles. The number of amides is 3. The minimum atomic E-state index is -1.53. The number of methoxy groups -OCH3 is 1. The van der Waals surface area contributed by atoms with Gasteiger partial charge in [0.1, 0.15) is 0 Å². The smallest absolute Gasteiger partial charge is 0.413 e. The monoisotopic (exact) mass is 492 g/mol. The zero-order valence-corrected chi connectivity index (χ0v) is 19.9. The van der Waals surface area contributed by atoms with E-state index in [9.17, 15) is 18.6 Å². The first-order valence-corrected chi connectivity index (χ1v) is 11.8. The van der Waals surface area contributed by atoms with E-state index < -0.39 is 22.8 Å². The van der Waals surface area contributed by atoms with Crippen molar-refractivity contribution >= 4 is 46.0 Å². The van der Waals surface area contributed by atoms with Gasteiger partial charge in [-0.05, 0) is 42.5 Å². The molecule has 0 aliphatic rings. The number of nitrogens with one attached hydrogen (secondary N) is 3. The Morgan fingerprint density at radius 3 is 2.17 bits per heavy atom. The standard InChI is InChI=1S/C25H24N4O5S/c1-3-22(30)28-24(29-25(32)34-2)27-21-16-19(35(33)18-12-8-5-9-13-18)14-15-20(21)26-23(31)17-10-6-4-7-11-17/h4-16H,3H2,1-2H3,(H,26,31)(H2,27,28,29,30,32). The lowest BCUT2D eigenvalue weighted by Gasteiger charge is -2.13. The number of hydrogen-bond donors (Lipinski definition) is 3. The number of carbonyl (C=O) groups excluding carboxylic acids is 3. The van der Waals surface area contributed by atoms with E-state index in [1.807, 2.05) is 6.07 Å². The summed E-state index contributed by atoms with van der Waals surface area (Å²) in [6.45, 7) is 1.64. The molecule has 9 nitrogen and oxygen atoms in total. The summed E-state index contributed by atoms with van der Waals surface area (Å²) in [7, 11) is -0.364. The van der Waals surface area contributed by atoms with Crippen LogP contribution in [0.2, 0.25) is 0 Å². The van der Waals surface area contributed by atoms with Crippen LogP contribution in [-0.4, -0.2) is 35.2 Å². The van der Waals surface area contributed by atoms with Gasteiger partial charge in [-0.25, -0.2) is 14.0 Å². The van der Waals surface area contributed by atoms with Gasteiger partial charge in [0.15, 0.2) is 0 Å². The van der Waals surface area contributed by atoms with E-state index in [1.165, 1.54) is 13.2 Å². The van der Waals surface area contributed by atoms with Crippen LogP contribution < -0.4 is 16.0 Å². The molecule has 35 heavy (non-hydrogen) atoms. The Hall–Kier alpha value is -4.31. The molecule has 0 bridgehead atoms. The predicted octanol–water partition coefficient (Wildman–Crippen LogP) is 3.98. The minimum Gasteiger partial charge on any atom is -0.453 e. The third-order valence-electron chi connectivity index (χ3n) is 4.64. The molecule has 10 heteroatoms. The highest BCUT2D eigenvalue weighted by Gasteiger charge is 2.16. The zero-order valence-electron chi connectivity index (χ0n) is 19.1. The molecule has 3 amide bonds. The number of alkyl carbamates (subject to hydrolysis) is 1. The van der Waals surface area contributed by atoms with Gasteiger partial charge in [0, 0.05) is 21.8 Å². The van der Waals surface area contributed by atoms with Crippen molar-refractivity contribution in [3.05, 3.63) is 84.4 Å². The molecule has 0 saturated carbocycles. The minimum absolute atomic E-state index is 0.136. The van der Waals surface area contributed by atoms with Gasteiger partial charge in [0.05, 0.1) is 29.3 Å². The molecule has 0 aliphatic carbocycles. The summed E-state index contributed by atoms with van der Waals surface area (Å²) in [6, 6.07) is 22.1. The lowest BCUT2D eigenvalue weighted by molar-refractivity contribution is -0.119. The quantitative estimate of drug-likeness (QED) is 0.355. The third kappa shape index (κ3) is 7.08. The van der Waals surface area contributed by atoms with Crippen LogP contribution in [-0.2, 0) is 20.3 Å². The van der Waals surface area contributed by atoms with Crippen molar-refractivity contribution in [3.8, 4) is 0 Å². The molecule has 0 heterocycles. The highest BCUT2D eigenvalue weighted by molar-refractivity contribution is 7.85. The number of benzene rings is 3. The normalized spacial score (nSPS) is 11.8. The van der Waals surface area contributed by atoms with Crippen LogP contribution in [0.4, 0.5) is 16.2 Å². The molecule has 0 radical (unpaired) electrons. The van der Waals surface area contributed by atoms with Gasteiger partial charge in [0.25, 0.3) is 5.91 Å². The van der Waals surface area contributed by atoms with Crippen LogP contribution in [0.25, 0.3) is 0 Å². The average molecular weight is 493 g/mol. The number of guanidine groups is 1. The largest absolute Gasteiger partial charge is 0.453 e. The highest BCUT2D eigenvalue weighted by atomic mass is 32.2. The first-order valence-electron chi connectivity index (χ1n) is 10.6. The zero-order chi connectivity index (χ0) is 25.2. The molecular formula is C25H24N4O5S. The first kappa shape index (κ1) is 25.3. The predicted molar refractivity (Wildman–Crippen MR) is 133 cm³/mol. The van der Waals surface area contributed by atoms with E-state index in [4.69, 9.17) is 0 Å². The van der Waals surface area contributed by atoms with E-state index in [1.54, 1.807) is 73.7 Å². The Morgan fingerprint density at radius 2 is 1.54 bits per heavy atom. The Kier molecular flexibility index (Phi) is 8.85. The van der Waals surface area contributed by atoms with Crippen molar-refractivity contribution in [2.75, 3.05) is 12.4 Å². The van der Waals surface area contributed by atoms with Gasteiger partial charge < -0.3 is 10.1 Å². The first-order chi connectivity index (χ1) is 16.9. The van der Waals surface area contributed by atoms with E-state index >= 15 is 0 Å². The Bertz CT molecular complexity index is 1240. The number of nitrogens with zero attached hydrogens (tertiary/aromatic N) is 1. The van der Waals surface area contributed by atoms with Gasteiger partial charge in [-0.15, -0.1) is 0 Å². The lowest BCUT2D eigenvalue weighted by atomic mass is 10.2. The summed E-state index contributed by atoms with van der Waals surface area (Å²) < 4.78 is 17.7. The number of hydrogen-bond acceptors (Lipinski definition) is 6. The topological polar surface area (TPSA) is 126 Å². The molecular weight excluding hydrogens is 468 g/mol. The van der Waals surface area contributed by atoms with Gasteiger partial charge in [-0.1, -0.05) is 43.3 Å². The number of carbonyl (C=O) groups is 3. The fourth-order valence-electron chi connectivity index (χ4n) is 2.86. The van der Waals surface area contributed by atoms with Gasteiger partial charge in [0.2, 0.25) is 11.9 Å². The molecule has 3 aromatic rings. The van der Waals surface area contributed by atoms with Crippen LogP contribution in [0.5, 0.6) is 0 Å². The maximum absolute atomic E-state index is 13.1. The summed E-state index contributed by atoms with van der Waals surface area (Å²) >= 11 is 0. The molecule has 0 spiro atoms. The van der Waals surface area contributed by atoms with E-state index in [0.29, 0.717) is 15.4 Å². The van der Waals surface area contributed by atoms with Gasteiger partial charge in [-0.3, -0.25) is 20.2 Å². The Labute approximate surface area is 205 Å². The fourth-order valence-corrected chi connectivity index (χ4v) is 3.95. The molecule has 180 valence electrons. The highest BCUT2D eigenvalue weighted by Crippen LogP contribution is 2.30. The molecule has 0 aromatic heterocycles. The second kappa shape index (κ2) is 12.2. The van der Waals surface area contributed by atoms with Gasteiger partial charge in [-0.2, -0.15) is 0 Å². The molecule has 1 unspecified atom stereocenters. The van der Waals surface area contributed by atoms with Crippen molar-refractivity contribution < 1.29 is 23.3 Å². The van der Waals surface area contributed by atoms with Crippen molar-refractivity contribution in [1.29, 1.82) is 0 Å². The molecule has 3 rings (SSSR count). The van der Waals surface area contributed by atoms with Crippen LogP contribution in [0, 0.1) is 0 Å². The fraction of sp³-hybridized carbons (Fsp3) is 0.120. The van der Waals surface area contributed by atoms with Crippen molar-refractivity contribution in [3.63, 3.8) is 0 Å². The number of ether oxygens (including phenoxy) is 1. The van der Waals surface area contributed by atoms with Crippen molar-refractivity contribution in [2.45, 2.75) is 23.1 Å². The Balaban J connectivity index is 2.05. The van der Waals surface area contributed by atoms with Crippen LogP contribution >= 0.6 is 0 Å². The average Bonchev–Trinajstić information content (AvgIpc) is 2.89. The SMILES string of the molecule is CCC(=O)NC(=Nc1cc(S(=O)c2ccccc2)ccc1NC(=O)c1ccccc1)NC(=O)OC. The summed E-state index contributed by atoms with van der Waals surface area (Å²) in [4.78, 5) is 41.9. The molecule has 1 atom stereocenters. The number of anilines is 1. The van der Waals surface area contributed by atoms with Crippen LogP contribution in [0.1, 0.15) is 23.7 Å². The van der Waals surface area contributed by atoms with Crippen molar-refractivity contribution in [2.24, 2.45) is 4.99 Å². The second-order valence-electron chi connectivity index (χ2n) is 7.06. The van der Waals surface area contributed by atoms with Crippen LogP contribution in [0.3, 0.4) is 0 Å². The summed E-state index contributed by atoms with van der Waals surface area (Å²) in [5, 5.41) is 7.60. The van der Waals surface area contributed by atoms with Crippen molar-refractivity contribution in [1.82, 2.24) is 10.6 Å². The molecule has 3 N–H and O–H groups in total.